The topological polar surface area (TPSA) is 185 Å². The average molecular weight is 662 g/mol. The highest BCUT2D eigenvalue weighted by molar-refractivity contribution is 6.25. The van der Waals surface area contributed by atoms with Gasteiger partial charge < -0.3 is 25.1 Å². The lowest BCUT2D eigenvalue weighted by Gasteiger charge is -2.27. The number of hydrogen-bond acceptors (Lipinski definition) is 10. The number of nitrogens with zero attached hydrogens (tertiary/aromatic N) is 3. The zero-order chi connectivity index (χ0) is 33.9. The van der Waals surface area contributed by atoms with Gasteiger partial charge in [0, 0.05) is 77.2 Å². The molecule has 1 saturated heterocycles. The Labute approximate surface area is 279 Å². The lowest BCUT2D eigenvalue weighted by molar-refractivity contribution is -0.136. The van der Waals surface area contributed by atoms with Gasteiger partial charge in [0.05, 0.1) is 24.3 Å². The molecule has 0 saturated carbocycles. The largest absolute Gasteiger partial charge is 0.468 e. The van der Waals surface area contributed by atoms with Gasteiger partial charge >= 0.3 is 0 Å². The number of ether oxygens (including phenoxy) is 2. The summed E-state index contributed by atoms with van der Waals surface area (Å²) < 4.78 is 11.1. The van der Waals surface area contributed by atoms with Gasteiger partial charge in [0.25, 0.3) is 17.7 Å². The van der Waals surface area contributed by atoms with Crippen molar-refractivity contribution in [2.45, 2.75) is 18.9 Å². The van der Waals surface area contributed by atoms with Crippen LogP contribution in [0.2, 0.25) is 0 Å². The Morgan fingerprint density at radius 1 is 0.918 bits per heavy atom. The third kappa shape index (κ3) is 6.41. The van der Waals surface area contributed by atoms with Crippen LogP contribution in [0.1, 0.15) is 33.6 Å². The predicted octanol–water partition coefficient (Wildman–Crippen LogP) is 2.80. The number of anilines is 1. The summed E-state index contributed by atoms with van der Waals surface area (Å²) in [5.41, 5.74) is 4.75. The fourth-order valence-electron chi connectivity index (χ4n) is 6.04. The normalized spacial score (nSPS) is 15.8. The number of hydrogen-bond donors (Lipinski definition) is 4. The SMILES string of the molecule is O=C(COc1ccc(-c2ccc3c(c2)[nH]c2ccncc23)cn1)NCCOCCNc1cccc2c1C(=O)N(C1CCC(=O)NC1=O)C2=O. The van der Waals surface area contributed by atoms with Crippen LogP contribution in [0.25, 0.3) is 32.9 Å². The number of aromatic amines is 1. The van der Waals surface area contributed by atoms with E-state index in [-0.39, 0.29) is 56.2 Å². The minimum atomic E-state index is -1.03. The first-order valence-corrected chi connectivity index (χ1v) is 15.7. The number of H-pyrrole nitrogens is 1. The Balaban J connectivity index is 0.822. The zero-order valence-electron chi connectivity index (χ0n) is 26.2. The van der Waals surface area contributed by atoms with Crippen LogP contribution in [-0.2, 0) is 19.1 Å². The summed E-state index contributed by atoms with van der Waals surface area (Å²) in [5.74, 6) is -2.24. The minimum Gasteiger partial charge on any atom is -0.468 e. The van der Waals surface area contributed by atoms with Gasteiger partial charge in [-0.25, -0.2) is 4.98 Å². The second kappa shape index (κ2) is 13.5. The van der Waals surface area contributed by atoms with Gasteiger partial charge in [-0.05, 0) is 42.3 Å². The summed E-state index contributed by atoms with van der Waals surface area (Å²) in [6.07, 6.45) is 5.44. The van der Waals surface area contributed by atoms with Crippen LogP contribution in [-0.4, -0.2) is 88.3 Å². The van der Waals surface area contributed by atoms with Crippen molar-refractivity contribution in [1.29, 1.82) is 0 Å². The molecule has 4 N–H and O–H groups in total. The highest BCUT2D eigenvalue weighted by atomic mass is 16.5. The number of pyridine rings is 2. The van der Waals surface area contributed by atoms with Crippen molar-refractivity contribution in [3.05, 3.63) is 84.3 Å². The Morgan fingerprint density at radius 2 is 1.78 bits per heavy atom. The van der Waals surface area contributed by atoms with Crippen molar-refractivity contribution in [3.63, 3.8) is 0 Å². The van der Waals surface area contributed by atoms with Crippen LogP contribution in [0, 0.1) is 0 Å². The van der Waals surface area contributed by atoms with E-state index in [0.29, 0.717) is 18.1 Å². The number of fused-ring (bicyclic) bond motifs is 4. The molecule has 0 bridgehead atoms. The van der Waals surface area contributed by atoms with Gasteiger partial charge in [-0.15, -0.1) is 0 Å². The van der Waals surface area contributed by atoms with E-state index >= 15 is 0 Å². The predicted molar refractivity (Wildman–Crippen MR) is 178 cm³/mol. The van der Waals surface area contributed by atoms with E-state index in [1.807, 2.05) is 24.4 Å². The van der Waals surface area contributed by atoms with Crippen LogP contribution in [0.4, 0.5) is 5.69 Å². The first kappa shape index (κ1) is 31.4. The number of amides is 5. The molecule has 14 heteroatoms. The maximum atomic E-state index is 13.2. The first-order valence-electron chi connectivity index (χ1n) is 15.7. The number of benzene rings is 2. The van der Waals surface area contributed by atoms with E-state index in [1.165, 1.54) is 6.07 Å². The molecule has 0 spiro atoms. The molecule has 1 fully saturated rings. The maximum absolute atomic E-state index is 13.2. The molecule has 2 aromatic carbocycles. The van der Waals surface area contributed by atoms with Crippen LogP contribution in [0.3, 0.4) is 0 Å². The summed E-state index contributed by atoms with van der Waals surface area (Å²) in [6.45, 7) is 0.878. The molecule has 1 unspecified atom stereocenters. The summed E-state index contributed by atoms with van der Waals surface area (Å²) in [4.78, 5) is 75.2. The van der Waals surface area contributed by atoms with E-state index in [1.54, 1.807) is 30.6 Å². The number of rotatable bonds is 12. The Kier molecular flexibility index (Phi) is 8.68. The monoisotopic (exact) mass is 661 g/mol. The van der Waals surface area contributed by atoms with Crippen molar-refractivity contribution in [3.8, 4) is 17.0 Å². The standard InChI is InChI=1S/C35H31N7O7/c43-29-8-7-28(33(45)41-29)42-34(46)23-2-1-3-26(32(23)35(42)47)37-12-14-48-15-13-38-30(44)19-49-31-9-5-21(17-39-31)20-4-6-22-24-18-36-11-10-25(24)40-27(22)16-20/h1-6,9-11,16-18,28,37,40H,7-8,12-15,19H2,(H,38,44)(H,41,43,45). The van der Waals surface area contributed by atoms with E-state index in [0.717, 1.165) is 37.8 Å². The number of nitrogens with one attached hydrogen (secondary N) is 4. The van der Waals surface area contributed by atoms with Gasteiger partial charge in [-0.3, -0.25) is 39.2 Å². The fraction of sp³-hybridized carbons (Fsp3) is 0.229. The first-order chi connectivity index (χ1) is 23.9. The summed E-state index contributed by atoms with van der Waals surface area (Å²) in [6, 6.07) is 15.5. The van der Waals surface area contributed by atoms with Crippen LogP contribution in [0.5, 0.6) is 5.88 Å². The lowest BCUT2D eigenvalue weighted by Crippen LogP contribution is -2.54. The number of carbonyl (C=O) groups is 5. The second-order valence-corrected chi connectivity index (χ2v) is 11.5. The molecular weight excluding hydrogens is 630 g/mol. The molecule has 248 valence electrons. The molecule has 7 rings (SSSR count). The van der Waals surface area contributed by atoms with Crippen molar-refractivity contribution in [2.24, 2.45) is 0 Å². The molecule has 0 aliphatic carbocycles. The number of imide groups is 2. The maximum Gasteiger partial charge on any atom is 0.264 e. The minimum absolute atomic E-state index is 0.0506. The average Bonchev–Trinajstić information content (AvgIpc) is 3.61. The number of carbonyl (C=O) groups excluding carboxylic acids is 5. The van der Waals surface area contributed by atoms with Gasteiger partial charge in [-0.2, -0.15) is 0 Å². The third-order valence-electron chi connectivity index (χ3n) is 8.42. The molecular formula is C35H31N7O7. The summed E-state index contributed by atoms with van der Waals surface area (Å²) >= 11 is 0. The molecule has 14 nitrogen and oxygen atoms in total. The zero-order valence-corrected chi connectivity index (χ0v) is 26.2. The van der Waals surface area contributed by atoms with Crippen molar-refractivity contribution < 1.29 is 33.4 Å². The second-order valence-electron chi connectivity index (χ2n) is 11.5. The van der Waals surface area contributed by atoms with Crippen molar-refractivity contribution in [2.75, 3.05) is 38.2 Å². The molecule has 1 atom stereocenters. The van der Waals surface area contributed by atoms with Gasteiger partial charge in [0.1, 0.15) is 6.04 Å². The molecule has 5 aromatic rings. The Hall–Kier alpha value is -6.15. The number of piperidine rings is 1. The van der Waals surface area contributed by atoms with E-state index < -0.39 is 29.7 Å². The van der Waals surface area contributed by atoms with E-state index in [9.17, 15) is 24.0 Å². The molecule has 2 aliphatic heterocycles. The Bertz CT molecular complexity index is 2110. The van der Waals surface area contributed by atoms with Crippen molar-refractivity contribution >= 4 is 57.0 Å². The van der Waals surface area contributed by atoms with Gasteiger partial charge in [0.2, 0.25) is 17.7 Å². The smallest absolute Gasteiger partial charge is 0.264 e. The van der Waals surface area contributed by atoms with Crippen LogP contribution < -0.4 is 20.7 Å². The lowest BCUT2D eigenvalue weighted by atomic mass is 10.0. The fourth-order valence-corrected chi connectivity index (χ4v) is 6.04. The molecule has 5 heterocycles. The van der Waals surface area contributed by atoms with Gasteiger partial charge in [-0.1, -0.05) is 18.2 Å². The van der Waals surface area contributed by atoms with E-state index in [2.05, 4.69) is 43.0 Å². The number of aromatic nitrogens is 3. The summed E-state index contributed by atoms with van der Waals surface area (Å²) in [7, 11) is 0. The molecule has 2 aliphatic rings. The van der Waals surface area contributed by atoms with Crippen LogP contribution >= 0.6 is 0 Å². The molecule has 5 amide bonds. The molecule has 0 radical (unpaired) electrons. The summed E-state index contributed by atoms with van der Waals surface area (Å²) in [5, 5.41) is 10.2. The van der Waals surface area contributed by atoms with Crippen molar-refractivity contribution in [1.82, 2.24) is 30.5 Å². The highest BCUT2D eigenvalue weighted by Crippen LogP contribution is 2.32. The highest BCUT2D eigenvalue weighted by Gasteiger charge is 2.45. The Morgan fingerprint density at radius 3 is 2.61 bits per heavy atom. The molecule has 49 heavy (non-hydrogen) atoms. The third-order valence-corrected chi connectivity index (χ3v) is 8.42. The van der Waals surface area contributed by atoms with E-state index in [4.69, 9.17) is 9.47 Å². The quantitative estimate of drug-likeness (QED) is 0.115. The van der Waals surface area contributed by atoms with Crippen LogP contribution in [0.15, 0.2) is 73.2 Å². The van der Waals surface area contributed by atoms with Gasteiger partial charge in [0.15, 0.2) is 6.61 Å². The molecule has 3 aromatic heterocycles.